The van der Waals surface area contributed by atoms with Crippen LogP contribution in [0.25, 0.3) is 21.3 Å². The molecule has 0 saturated carbocycles. The van der Waals surface area contributed by atoms with Gasteiger partial charge in [0.1, 0.15) is 16.4 Å². The van der Waals surface area contributed by atoms with Crippen molar-refractivity contribution >= 4 is 56.3 Å². The second kappa shape index (κ2) is 6.52. The molecule has 0 aliphatic rings. The Morgan fingerprint density at radius 1 is 0.920 bits per heavy atom. The number of phenolic OH excluding ortho intramolecular Hbond substituents is 1. The largest absolute Gasteiger partial charge is 0.508 e. The summed E-state index contributed by atoms with van der Waals surface area (Å²) < 4.78 is 0. The van der Waals surface area contributed by atoms with E-state index in [1.165, 1.54) is 11.3 Å². The lowest BCUT2D eigenvalue weighted by molar-refractivity contribution is 0.475. The van der Waals surface area contributed by atoms with E-state index in [0.717, 1.165) is 27.0 Å². The normalized spacial score (nSPS) is 11.0. The summed E-state index contributed by atoms with van der Waals surface area (Å²) >= 11 is 13.6. The number of nitrogens with one attached hydrogen (secondary N) is 1. The van der Waals surface area contributed by atoms with Crippen molar-refractivity contribution in [2.24, 2.45) is 0 Å². The molecule has 0 bridgehead atoms. The van der Waals surface area contributed by atoms with Gasteiger partial charge in [0.2, 0.25) is 5.28 Å². The van der Waals surface area contributed by atoms with E-state index in [1.54, 1.807) is 24.3 Å². The molecule has 124 valence electrons. The van der Waals surface area contributed by atoms with Gasteiger partial charge in [-0.2, -0.15) is 4.98 Å². The maximum Gasteiger partial charge on any atom is 0.225 e. The molecule has 0 fully saturated rings. The van der Waals surface area contributed by atoms with E-state index < -0.39 is 0 Å². The van der Waals surface area contributed by atoms with E-state index in [1.807, 2.05) is 29.6 Å². The smallest absolute Gasteiger partial charge is 0.225 e. The maximum absolute atomic E-state index is 9.44. The number of nitrogens with zero attached hydrogens (tertiary/aromatic N) is 2. The van der Waals surface area contributed by atoms with Gasteiger partial charge in [0, 0.05) is 21.7 Å². The van der Waals surface area contributed by atoms with Gasteiger partial charge in [0.15, 0.2) is 0 Å². The van der Waals surface area contributed by atoms with Crippen LogP contribution in [0, 0.1) is 0 Å². The van der Waals surface area contributed by atoms with Crippen LogP contribution in [0.5, 0.6) is 5.75 Å². The third-order valence-electron chi connectivity index (χ3n) is 3.69. The Hall–Kier alpha value is -2.34. The SMILES string of the molecule is Oc1ccc(Nc2nc(Cl)nc3scc(-c4ccc(Cl)cc4)c23)cc1. The van der Waals surface area contributed by atoms with Crippen molar-refractivity contribution < 1.29 is 5.11 Å². The number of benzene rings is 2. The molecule has 7 heteroatoms. The van der Waals surface area contributed by atoms with Gasteiger partial charge in [-0.25, -0.2) is 4.98 Å². The lowest BCUT2D eigenvalue weighted by Gasteiger charge is -2.09. The zero-order valence-electron chi connectivity index (χ0n) is 12.7. The minimum atomic E-state index is 0.179. The Kier molecular flexibility index (Phi) is 4.21. The quantitative estimate of drug-likeness (QED) is 0.328. The van der Waals surface area contributed by atoms with Crippen molar-refractivity contribution in [2.45, 2.75) is 0 Å². The van der Waals surface area contributed by atoms with Crippen LogP contribution in [0.15, 0.2) is 53.9 Å². The van der Waals surface area contributed by atoms with E-state index >= 15 is 0 Å². The fourth-order valence-electron chi connectivity index (χ4n) is 2.53. The van der Waals surface area contributed by atoms with Crippen molar-refractivity contribution in [2.75, 3.05) is 5.32 Å². The van der Waals surface area contributed by atoms with Gasteiger partial charge in [-0.15, -0.1) is 11.3 Å². The van der Waals surface area contributed by atoms with Gasteiger partial charge in [0.05, 0.1) is 5.39 Å². The number of aromatic nitrogens is 2. The molecule has 4 aromatic rings. The van der Waals surface area contributed by atoms with Crippen molar-refractivity contribution in [1.29, 1.82) is 0 Å². The first kappa shape index (κ1) is 16.1. The van der Waals surface area contributed by atoms with Crippen molar-refractivity contribution in [1.82, 2.24) is 9.97 Å². The van der Waals surface area contributed by atoms with Crippen LogP contribution in [-0.2, 0) is 0 Å². The summed E-state index contributed by atoms with van der Waals surface area (Å²) in [6.45, 7) is 0. The number of hydrogen-bond acceptors (Lipinski definition) is 5. The predicted molar refractivity (Wildman–Crippen MR) is 104 cm³/mol. The molecule has 25 heavy (non-hydrogen) atoms. The van der Waals surface area contributed by atoms with Crippen LogP contribution in [0.4, 0.5) is 11.5 Å². The number of rotatable bonds is 3. The molecule has 0 atom stereocenters. The highest BCUT2D eigenvalue weighted by Gasteiger charge is 2.15. The summed E-state index contributed by atoms with van der Waals surface area (Å²) in [5, 5.41) is 16.5. The zero-order chi connectivity index (χ0) is 17.4. The fraction of sp³-hybridized carbons (Fsp3) is 0. The van der Waals surface area contributed by atoms with Crippen LogP contribution >= 0.6 is 34.5 Å². The van der Waals surface area contributed by atoms with Gasteiger partial charge < -0.3 is 10.4 Å². The Labute approximate surface area is 157 Å². The van der Waals surface area contributed by atoms with E-state index in [2.05, 4.69) is 15.3 Å². The molecule has 0 spiro atoms. The molecule has 0 amide bonds. The number of thiophene rings is 1. The van der Waals surface area contributed by atoms with Gasteiger partial charge in [-0.05, 0) is 53.6 Å². The molecule has 0 aliphatic heterocycles. The first-order chi connectivity index (χ1) is 12.1. The van der Waals surface area contributed by atoms with Crippen molar-refractivity contribution in [3.63, 3.8) is 0 Å². The lowest BCUT2D eigenvalue weighted by atomic mass is 10.1. The molecule has 0 aliphatic carbocycles. The van der Waals surface area contributed by atoms with Crippen LogP contribution in [0.1, 0.15) is 0 Å². The van der Waals surface area contributed by atoms with E-state index in [4.69, 9.17) is 23.2 Å². The number of halogens is 2. The molecule has 0 radical (unpaired) electrons. The van der Waals surface area contributed by atoms with E-state index in [0.29, 0.717) is 10.8 Å². The number of fused-ring (bicyclic) bond motifs is 1. The Balaban J connectivity index is 1.86. The van der Waals surface area contributed by atoms with Crippen molar-refractivity contribution in [3.8, 4) is 16.9 Å². The molecular formula is C18H11Cl2N3OS. The van der Waals surface area contributed by atoms with E-state index in [-0.39, 0.29) is 11.0 Å². The molecule has 2 N–H and O–H groups in total. The molecule has 2 aromatic carbocycles. The monoisotopic (exact) mass is 387 g/mol. The first-order valence-corrected chi connectivity index (χ1v) is 9.00. The van der Waals surface area contributed by atoms with Crippen LogP contribution in [-0.4, -0.2) is 15.1 Å². The summed E-state index contributed by atoms with van der Waals surface area (Å²) in [6.07, 6.45) is 0. The number of hydrogen-bond donors (Lipinski definition) is 2. The highest BCUT2D eigenvalue weighted by molar-refractivity contribution is 7.17. The Morgan fingerprint density at radius 2 is 1.64 bits per heavy atom. The van der Waals surface area contributed by atoms with Crippen LogP contribution < -0.4 is 5.32 Å². The van der Waals surface area contributed by atoms with Gasteiger partial charge >= 0.3 is 0 Å². The summed E-state index contributed by atoms with van der Waals surface area (Å²) in [5.74, 6) is 0.820. The highest BCUT2D eigenvalue weighted by Crippen LogP contribution is 2.38. The Morgan fingerprint density at radius 3 is 2.36 bits per heavy atom. The lowest BCUT2D eigenvalue weighted by Crippen LogP contribution is -1.96. The topological polar surface area (TPSA) is 58.0 Å². The Bertz CT molecular complexity index is 1050. The van der Waals surface area contributed by atoms with Gasteiger partial charge in [-0.1, -0.05) is 23.7 Å². The standard InChI is InChI=1S/C18H11Cl2N3OS/c19-11-3-1-10(2-4-11)14-9-25-17-15(14)16(22-18(20)23-17)21-12-5-7-13(24)8-6-12/h1-9,24H,(H,21,22,23). The highest BCUT2D eigenvalue weighted by atomic mass is 35.5. The molecule has 4 rings (SSSR count). The molecule has 4 nitrogen and oxygen atoms in total. The zero-order valence-corrected chi connectivity index (χ0v) is 15.0. The van der Waals surface area contributed by atoms with Crippen LogP contribution in [0.3, 0.4) is 0 Å². The van der Waals surface area contributed by atoms with E-state index in [9.17, 15) is 5.11 Å². The first-order valence-electron chi connectivity index (χ1n) is 7.37. The summed E-state index contributed by atoms with van der Waals surface area (Å²) in [7, 11) is 0. The average Bonchev–Trinajstić information content (AvgIpc) is 3.01. The molecular weight excluding hydrogens is 377 g/mol. The maximum atomic E-state index is 9.44. The number of aromatic hydroxyl groups is 1. The number of anilines is 2. The summed E-state index contributed by atoms with van der Waals surface area (Å²) in [4.78, 5) is 9.48. The third-order valence-corrected chi connectivity index (χ3v) is 4.98. The molecule has 0 saturated heterocycles. The third kappa shape index (κ3) is 3.26. The van der Waals surface area contributed by atoms with Gasteiger partial charge in [0.25, 0.3) is 0 Å². The van der Waals surface area contributed by atoms with Crippen LogP contribution in [0.2, 0.25) is 10.3 Å². The molecule has 2 aromatic heterocycles. The second-order valence-electron chi connectivity index (χ2n) is 5.35. The molecule has 2 heterocycles. The summed E-state index contributed by atoms with van der Waals surface area (Å²) in [5.41, 5.74) is 2.83. The van der Waals surface area contributed by atoms with Crippen molar-refractivity contribution in [3.05, 3.63) is 64.2 Å². The fourth-order valence-corrected chi connectivity index (χ4v) is 3.82. The minimum absolute atomic E-state index is 0.179. The number of phenols is 1. The molecule has 0 unspecified atom stereocenters. The van der Waals surface area contributed by atoms with Gasteiger partial charge in [-0.3, -0.25) is 0 Å². The average molecular weight is 388 g/mol. The second-order valence-corrected chi connectivity index (χ2v) is 6.98. The minimum Gasteiger partial charge on any atom is -0.508 e. The summed E-state index contributed by atoms with van der Waals surface area (Å²) in [6, 6.07) is 14.4. The predicted octanol–water partition coefficient (Wildman–Crippen LogP) is 6.11.